The highest BCUT2D eigenvalue weighted by Gasteiger charge is 2.28. The molecule has 3 rings (SSSR count). The number of carbonyl (C=O) groups is 1. The average Bonchev–Trinajstić information content (AvgIpc) is 2.96. The van der Waals surface area contributed by atoms with Crippen LogP contribution < -0.4 is 9.62 Å². The van der Waals surface area contributed by atoms with E-state index in [0.717, 1.165) is 5.56 Å². The zero-order valence-electron chi connectivity index (χ0n) is 14.3. The first-order valence-corrected chi connectivity index (χ1v) is 10.2. The number of carbonyl (C=O) groups excluding carboxylic acids is 1. The summed E-state index contributed by atoms with van der Waals surface area (Å²) in [6, 6.07) is 13.1. The Bertz CT molecular complexity index is 882. The number of sulfonamides is 1. The second kappa shape index (κ2) is 7.86. The molecule has 26 heavy (non-hydrogen) atoms. The lowest BCUT2D eigenvalue weighted by molar-refractivity contribution is -0.116. The van der Waals surface area contributed by atoms with Crippen LogP contribution in [0.5, 0.6) is 0 Å². The molecule has 2 aromatic carbocycles. The van der Waals surface area contributed by atoms with Crippen LogP contribution in [-0.2, 0) is 21.2 Å². The van der Waals surface area contributed by atoms with Gasteiger partial charge in [0.25, 0.3) is 0 Å². The molecule has 1 aliphatic rings. The molecule has 0 unspecified atom stereocenters. The molecule has 0 radical (unpaired) electrons. The lowest BCUT2D eigenvalue weighted by Gasteiger charge is -2.17. The first-order chi connectivity index (χ1) is 12.4. The molecule has 0 aliphatic carbocycles. The fraction of sp³-hybridized carbons (Fsp3) is 0.316. The Morgan fingerprint density at radius 1 is 1.15 bits per heavy atom. The summed E-state index contributed by atoms with van der Waals surface area (Å²) in [5, 5.41) is 2.81. The third-order valence-electron chi connectivity index (χ3n) is 4.30. The molecule has 0 spiro atoms. The van der Waals surface area contributed by atoms with Crippen LogP contribution in [0.4, 0.5) is 15.8 Å². The molecule has 1 amide bonds. The summed E-state index contributed by atoms with van der Waals surface area (Å²) < 4.78 is 38.3. The predicted molar refractivity (Wildman–Crippen MR) is 100 cm³/mol. The van der Waals surface area contributed by atoms with Crippen LogP contribution >= 0.6 is 0 Å². The third kappa shape index (κ3) is 4.60. The average molecular weight is 376 g/mol. The molecule has 0 aromatic heterocycles. The van der Waals surface area contributed by atoms with E-state index in [1.165, 1.54) is 16.4 Å². The minimum atomic E-state index is -3.24. The summed E-state index contributed by atoms with van der Waals surface area (Å²) in [5.74, 6) is -0.243. The van der Waals surface area contributed by atoms with E-state index in [1.54, 1.807) is 36.4 Å². The van der Waals surface area contributed by atoms with Crippen molar-refractivity contribution in [3.05, 3.63) is 59.9 Å². The molecule has 138 valence electrons. The highest BCUT2D eigenvalue weighted by molar-refractivity contribution is 7.93. The van der Waals surface area contributed by atoms with Gasteiger partial charge in [0.2, 0.25) is 15.9 Å². The Morgan fingerprint density at radius 2 is 1.92 bits per heavy atom. The van der Waals surface area contributed by atoms with Gasteiger partial charge in [0.15, 0.2) is 0 Å². The molecular weight excluding hydrogens is 355 g/mol. The number of anilines is 2. The van der Waals surface area contributed by atoms with Crippen molar-refractivity contribution < 1.29 is 17.6 Å². The molecule has 0 saturated carbocycles. The summed E-state index contributed by atoms with van der Waals surface area (Å²) in [7, 11) is -3.24. The Balaban J connectivity index is 1.54. The van der Waals surface area contributed by atoms with E-state index in [4.69, 9.17) is 0 Å². The summed E-state index contributed by atoms with van der Waals surface area (Å²) in [5.41, 5.74) is 2.14. The lowest BCUT2D eigenvalue weighted by atomic mass is 10.1. The number of hydrogen-bond donors (Lipinski definition) is 1. The fourth-order valence-electron chi connectivity index (χ4n) is 3.00. The van der Waals surface area contributed by atoms with Crippen LogP contribution in [0.25, 0.3) is 0 Å². The molecule has 1 fully saturated rings. The second-order valence-electron chi connectivity index (χ2n) is 6.32. The zero-order chi connectivity index (χ0) is 18.6. The number of amides is 1. The van der Waals surface area contributed by atoms with E-state index in [9.17, 15) is 17.6 Å². The highest BCUT2D eigenvalue weighted by atomic mass is 32.2. The van der Waals surface area contributed by atoms with Gasteiger partial charge in [-0.05, 0) is 55.2 Å². The summed E-state index contributed by atoms with van der Waals surface area (Å²) in [6.45, 7) is 0.470. The largest absolute Gasteiger partial charge is 0.326 e. The van der Waals surface area contributed by atoms with Crippen LogP contribution in [0.15, 0.2) is 48.5 Å². The molecule has 1 heterocycles. The fourth-order valence-corrected chi connectivity index (χ4v) is 4.55. The Morgan fingerprint density at radius 3 is 2.62 bits per heavy atom. The normalized spacial score (nSPS) is 15.8. The topological polar surface area (TPSA) is 66.5 Å². The predicted octanol–water partition coefficient (Wildman–Crippen LogP) is 3.33. The molecule has 1 saturated heterocycles. The van der Waals surface area contributed by atoms with Crippen molar-refractivity contribution in [3.63, 3.8) is 0 Å². The highest BCUT2D eigenvalue weighted by Crippen LogP contribution is 2.26. The van der Waals surface area contributed by atoms with Crippen LogP contribution in [0.2, 0.25) is 0 Å². The van der Waals surface area contributed by atoms with Crippen molar-refractivity contribution >= 4 is 27.3 Å². The van der Waals surface area contributed by atoms with Gasteiger partial charge in [0.1, 0.15) is 5.82 Å². The van der Waals surface area contributed by atoms with Gasteiger partial charge in [-0.15, -0.1) is 0 Å². The lowest BCUT2D eigenvalue weighted by Crippen LogP contribution is -2.25. The van der Waals surface area contributed by atoms with Gasteiger partial charge >= 0.3 is 0 Å². The van der Waals surface area contributed by atoms with E-state index < -0.39 is 10.0 Å². The Hall–Kier alpha value is -2.41. The van der Waals surface area contributed by atoms with E-state index in [-0.39, 0.29) is 17.5 Å². The maximum atomic E-state index is 12.9. The van der Waals surface area contributed by atoms with Gasteiger partial charge in [-0.2, -0.15) is 0 Å². The second-order valence-corrected chi connectivity index (χ2v) is 8.33. The number of halogens is 1. The van der Waals surface area contributed by atoms with Gasteiger partial charge in [0.05, 0.1) is 11.4 Å². The molecular formula is C19H21FN2O3S. The first kappa shape index (κ1) is 18.4. The molecule has 1 aliphatic heterocycles. The maximum Gasteiger partial charge on any atom is 0.235 e. The van der Waals surface area contributed by atoms with E-state index >= 15 is 0 Å². The van der Waals surface area contributed by atoms with Gasteiger partial charge in [0, 0.05) is 18.7 Å². The Kier molecular flexibility index (Phi) is 5.56. The molecule has 0 atom stereocenters. The van der Waals surface area contributed by atoms with Crippen molar-refractivity contribution in [2.45, 2.75) is 25.7 Å². The van der Waals surface area contributed by atoms with Crippen molar-refractivity contribution in [1.29, 1.82) is 0 Å². The first-order valence-electron chi connectivity index (χ1n) is 8.59. The monoisotopic (exact) mass is 376 g/mol. The summed E-state index contributed by atoms with van der Waals surface area (Å²) in [6.07, 6.45) is 2.29. The van der Waals surface area contributed by atoms with Crippen molar-refractivity contribution in [3.8, 4) is 0 Å². The molecule has 7 heteroatoms. The Labute approximate surface area is 152 Å². The van der Waals surface area contributed by atoms with Gasteiger partial charge in [-0.1, -0.05) is 18.2 Å². The number of nitrogens with zero attached hydrogens (tertiary/aromatic N) is 1. The molecule has 5 nitrogen and oxygen atoms in total. The molecule has 2 aromatic rings. The van der Waals surface area contributed by atoms with Crippen molar-refractivity contribution in [1.82, 2.24) is 0 Å². The SMILES string of the molecule is O=C(CCCc1ccc(F)cc1)Nc1cccc(N2CCCS2(=O)=O)c1. The number of benzene rings is 2. The van der Waals surface area contributed by atoms with Crippen molar-refractivity contribution in [2.24, 2.45) is 0 Å². The number of aryl methyl sites for hydroxylation is 1. The zero-order valence-corrected chi connectivity index (χ0v) is 15.1. The van der Waals surface area contributed by atoms with Crippen LogP contribution in [0, 0.1) is 5.82 Å². The third-order valence-corrected chi connectivity index (χ3v) is 6.17. The minimum Gasteiger partial charge on any atom is -0.326 e. The quantitative estimate of drug-likeness (QED) is 0.841. The van der Waals surface area contributed by atoms with E-state index in [0.29, 0.717) is 43.6 Å². The van der Waals surface area contributed by atoms with Gasteiger partial charge in [-0.3, -0.25) is 9.10 Å². The van der Waals surface area contributed by atoms with Crippen LogP contribution in [-0.4, -0.2) is 26.6 Å². The maximum absolute atomic E-state index is 12.9. The number of nitrogens with one attached hydrogen (secondary N) is 1. The molecule has 0 bridgehead atoms. The smallest absolute Gasteiger partial charge is 0.235 e. The van der Waals surface area contributed by atoms with Crippen molar-refractivity contribution in [2.75, 3.05) is 21.9 Å². The number of rotatable bonds is 6. The van der Waals surface area contributed by atoms with Crippen LogP contribution in [0.3, 0.4) is 0 Å². The van der Waals surface area contributed by atoms with Gasteiger partial charge in [-0.25, -0.2) is 12.8 Å². The molecule has 1 N–H and O–H groups in total. The summed E-state index contributed by atoms with van der Waals surface area (Å²) in [4.78, 5) is 12.1. The standard InChI is InChI=1S/C19H21FN2O3S/c20-16-10-8-15(9-11-16)4-1-7-19(23)21-17-5-2-6-18(14-17)22-12-3-13-26(22,24)25/h2,5-6,8-11,14H,1,3-4,7,12-13H2,(H,21,23). The number of hydrogen-bond acceptors (Lipinski definition) is 3. The van der Waals surface area contributed by atoms with Crippen LogP contribution in [0.1, 0.15) is 24.8 Å². The van der Waals surface area contributed by atoms with E-state index in [2.05, 4.69) is 5.32 Å². The van der Waals surface area contributed by atoms with E-state index in [1.807, 2.05) is 0 Å². The summed E-state index contributed by atoms with van der Waals surface area (Å²) >= 11 is 0. The minimum absolute atomic E-state index is 0.131. The van der Waals surface area contributed by atoms with Gasteiger partial charge < -0.3 is 5.32 Å².